The van der Waals surface area contributed by atoms with Crippen LogP contribution in [0.3, 0.4) is 0 Å². The predicted molar refractivity (Wildman–Crippen MR) is 57.9 cm³/mol. The number of carboxylic acids is 1. The first kappa shape index (κ1) is 10.9. The van der Waals surface area contributed by atoms with Crippen molar-refractivity contribution in [1.29, 1.82) is 0 Å². The van der Waals surface area contributed by atoms with E-state index in [4.69, 9.17) is 0 Å². The number of fused-ring (bicyclic) bond motifs is 1. The highest BCUT2D eigenvalue weighted by molar-refractivity contribution is 5.80. The molecule has 0 aromatic heterocycles. The van der Waals surface area contributed by atoms with E-state index >= 15 is 0 Å². The van der Waals surface area contributed by atoms with Crippen molar-refractivity contribution in [3.05, 3.63) is 0 Å². The fourth-order valence-corrected chi connectivity index (χ4v) is 3.02. The van der Waals surface area contributed by atoms with Gasteiger partial charge in [-0.1, -0.05) is 6.92 Å². The van der Waals surface area contributed by atoms with Crippen molar-refractivity contribution in [3.8, 4) is 0 Å². The van der Waals surface area contributed by atoms with Gasteiger partial charge in [0.2, 0.25) is 0 Å². The molecule has 2 aliphatic rings. The van der Waals surface area contributed by atoms with Crippen molar-refractivity contribution >= 4 is 5.97 Å². The van der Waals surface area contributed by atoms with Crippen molar-refractivity contribution in [2.24, 2.45) is 0 Å². The average Bonchev–Trinajstić information content (AvgIpc) is 2.76. The second-order valence-electron chi connectivity index (χ2n) is 4.65. The Morgan fingerprint density at radius 1 is 1.60 bits per heavy atom. The fraction of sp³-hybridized carbons (Fsp3) is 0.909. The molecule has 0 saturated carbocycles. The average molecular weight is 212 g/mol. The highest BCUT2D eigenvalue weighted by Gasteiger charge is 2.53. The maximum atomic E-state index is 11.5. The quantitative estimate of drug-likeness (QED) is 0.719. The molecule has 0 radical (unpaired) electrons. The summed E-state index contributed by atoms with van der Waals surface area (Å²) in [5.41, 5.74) is -0.660. The summed E-state index contributed by atoms with van der Waals surface area (Å²) in [7, 11) is 0. The predicted octanol–water partition coefficient (Wildman–Crippen LogP) is 0.677. The minimum absolute atomic E-state index is 0.224. The molecule has 2 atom stereocenters. The summed E-state index contributed by atoms with van der Waals surface area (Å²) in [5.74, 6) is -0.662. The molecule has 0 bridgehead atoms. The smallest absolute Gasteiger partial charge is 0.325 e. The van der Waals surface area contributed by atoms with E-state index in [1.807, 2.05) is 0 Å². The lowest BCUT2D eigenvalue weighted by atomic mass is 9.88. The van der Waals surface area contributed by atoms with Gasteiger partial charge >= 0.3 is 5.97 Å². The maximum absolute atomic E-state index is 11.5. The molecule has 4 heteroatoms. The first-order valence-electron chi connectivity index (χ1n) is 5.93. The fourth-order valence-electron chi connectivity index (χ4n) is 3.02. The normalized spacial score (nSPS) is 35.7. The van der Waals surface area contributed by atoms with Crippen molar-refractivity contribution in [1.82, 2.24) is 10.2 Å². The largest absolute Gasteiger partial charge is 0.480 e. The molecular formula is C11H20N2O2. The van der Waals surface area contributed by atoms with Gasteiger partial charge in [-0.25, -0.2) is 0 Å². The number of rotatable bonds is 4. The summed E-state index contributed by atoms with van der Waals surface area (Å²) >= 11 is 0. The van der Waals surface area contributed by atoms with Crippen LogP contribution in [0.15, 0.2) is 0 Å². The van der Waals surface area contributed by atoms with Gasteiger partial charge in [0.05, 0.1) is 0 Å². The van der Waals surface area contributed by atoms with Crippen molar-refractivity contribution in [3.63, 3.8) is 0 Å². The van der Waals surface area contributed by atoms with Crippen LogP contribution in [0.5, 0.6) is 0 Å². The number of nitrogens with zero attached hydrogens (tertiary/aromatic N) is 1. The topological polar surface area (TPSA) is 52.6 Å². The summed E-state index contributed by atoms with van der Waals surface area (Å²) in [6.07, 6.45) is 3.92. The van der Waals surface area contributed by atoms with Gasteiger partial charge in [-0.05, 0) is 38.8 Å². The van der Waals surface area contributed by atoms with E-state index in [1.54, 1.807) is 0 Å². The van der Waals surface area contributed by atoms with Gasteiger partial charge in [0.25, 0.3) is 0 Å². The molecule has 2 fully saturated rings. The molecule has 2 saturated heterocycles. The number of aliphatic carboxylic acids is 1. The molecule has 0 aromatic carbocycles. The van der Waals surface area contributed by atoms with Gasteiger partial charge in [0.15, 0.2) is 0 Å². The Labute approximate surface area is 90.6 Å². The zero-order chi connectivity index (χ0) is 10.9. The number of carboxylic acid groups (broad SMARTS) is 1. The van der Waals surface area contributed by atoms with Crippen molar-refractivity contribution in [2.45, 2.75) is 44.2 Å². The van der Waals surface area contributed by atoms with Crippen LogP contribution < -0.4 is 5.32 Å². The van der Waals surface area contributed by atoms with Crippen LogP contribution in [0, 0.1) is 0 Å². The number of hydrogen-bond acceptors (Lipinski definition) is 3. The molecule has 2 aliphatic heterocycles. The molecular weight excluding hydrogens is 192 g/mol. The third-order valence-electron chi connectivity index (χ3n) is 3.80. The second kappa shape index (κ2) is 4.10. The maximum Gasteiger partial charge on any atom is 0.325 e. The van der Waals surface area contributed by atoms with Gasteiger partial charge in [-0.15, -0.1) is 0 Å². The van der Waals surface area contributed by atoms with E-state index in [9.17, 15) is 9.90 Å². The van der Waals surface area contributed by atoms with Crippen molar-refractivity contribution < 1.29 is 9.90 Å². The second-order valence-corrected chi connectivity index (χ2v) is 4.65. The Hall–Kier alpha value is -0.610. The molecule has 0 amide bonds. The molecule has 2 unspecified atom stereocenters. The van der Waals surface area contributed by atoms with E-state index in [0.29, 0.717) is 0 Å². The lowest BCUT2D eigenvalue weighted by molar-refractivity contribution is -0.145. The minimum Gasteiger partial charge on any atom is -0.480 e. The lowest BCUT2D eigenvalue weighted by Gasteiger charge is -2.32. The van der Waals surface area contributed by atoms with Crippen LogP contribution >= 0.6 is 0 Å². The zero-order valence-corrected chi connectivity index (χ0v) is 9.33. The Balaban J connectivity index is 2.15. The van der Waals surface area contributed by atoms with Crippen LogP contribution in [0.25, 0.3) is 0 Å². The van der Waals surface area contributed by atoms with Crippen molar-refractivity contribution in [2.75, 3.05) is 19.6 Å². The van der Waals surface area contributed by atoms with E-state index in [-0.39, 0.29) is 6.04 Å². The molecule has 2 N–H and O–H groups in total. The molecule has 2 rings (SSSR count). The van der Waals surface area contributed by atoms with Gasteiger partial charge in [-0.3, -0.25) is 9.69 Å². The van der Waals surface area contributed by atoms with Gasteiger partial charge in [0.1, 0.15) is 5.54 Å². The SMILES string of the molecule is CCCNC1(C(=O)O)CCN2CCCC21. The summed E-state index contributed by atoms with van der Waals surface area (Å²) in [6, 6.07) is 0.224. The van der Waals surface area contributed by atoms with E-state index in [0.717, 1.165) is 45.3 Å². The standard InChI is InChI=1S/C11H20N2O2/c1-2-6-12-11(10(14)15)5-8-13-7-3-4-9(11)13/h9,12H,2-8H2,1H3,(H,14,15). The Morgan fingerprint density at radius 3 is 3.07 bits per heavy atom. The first-order chi connectivity index (χ1) is 7.20. The third kappa shape index (κ3) is 1.66. The highest BCUT2D eigenvalue weighted by Crippen LogP contribution is 2.36. The van der Waals surface area contributed by atoms with E-state index < -0.39 is 11.5 Å². The van der Waals surface area contributed by atoms with E-state index in [1.165, 1.54) is 0 Å². The van der Waals surface area contributed by atoms with E-state index in [2.05, 4.69) is 17.1 Å². The highest BCUT2D eigenvalue weighted by atomic mass is 16.4. The Kier molecular flexibility index (Phi) is 2.98. The molecule has 86 valence electrons. The number of carbonyl (C=O) groups is 1. The third-order valence-corrected chi connectivity index (χ3v) is 3.80. The van der Waals surface area contributed by atoms with Gasteiger partial charge < -0.3 is 10.4 Å². The summed E-state index contributed by atoms with van der Waals surface area (Å²) in [4.78, 5) is 13.8. The molecule has 0 aromatic rings. The molecule has 0 aliphatic carbocycles. The first-order valence-corrected chi connectivity index (χ1v) is 5.93. The Bertz CT molecular complexity index is 257. The van der Waals surface area contributed by atoms with Crippen LogP contribution in [-0.4, -0.2) is 47.2 Å². The molecule has 4 nitrogen and oxygen atoms in total. The van der Waals surface area contributed by atoms with Gasteiger partial charge in [0, 0.05) is 12.6 Å². The molecule has 15 heavy (non-hydrogen) atoms. The summed E-state index contributed by atoms with van der Waals surface area (Å²) < 4.78 is 0. The van der Waals surface area contributed by atoms with Crippen LogP contribution in [0.1, 0.15) is 32.6 Å². The number of hydrogen-bond donors (Lipinski definition) is 2. The Morgan fingerprint density at radius 2 is 2.40 bits per heavy atom. The van der Waals surface area contributed by atoms with Gasteiger partial charge in [-0.2, -0.15) is 0 Å². The summed E-state index contributed by atoms with van der Waals surface area (Å²) in [5, 5.41) is 12.7. The monoisotopic (exact) mass is 212 g/mol. The van der Waals surface area contributed by atoms with Crippen LogP contribution in [0.4, 0.5) is 0 Å². The summed E-state index contributed by atoms with van der Waals surface area (Å²) in [6.45, 7) is 4.89. The van der Waals surface area contributed by atoms with Crippen LogP contribution in [0.2, 0.25) is 0 Å². The molecule has 0 spiro atoms. The zero-order valence-electron chi connectivity index (χ0n) is 9.33. The van der Waals surface area contributed by atoms with Crippen LogP contribution in [-0.2, 0) is 4.79 Å². The lowest BCUT2D eigenvalue weighted by Crippen LogP contribution is -2.58. The minimum atomic E-state index is -0.662. The molecule has 2 heterocycles. The number of nitrogens with one attached hydrogen (secondary N) is 1.